The number of aromatic carboxylic acids is 1. The van der Waals surface area contributed by atoms with Crippen LogP contribution < -0.4 is 15.0 Å². The molecule has 1 heterocycles. The van der Waals surface area contributed by atoms with Gasteiger partial charge < -0.3 is 9.84 Å². The van der Waals surface area contributed by atoms with Gasteiger partial charge in [-0.2, -0.15) is 8.78 Å². The molecule has 0 aliphatic heterocycles. The van der Waals surface area contributed by atoms with E-state index in [2.05, 4.69) is 9.84 Å². The Hall–Kier alpha value is -4.09. The van der Waals surface area contributed by atoms with E-state index >= 15 is 8.78 Å². The number of H-pyrrole nitrogens is 1. The second kappa shape index (κ2) is 7.80. The number of nitrogens with one attached hydrogen (secondary N) is 1. The van der Waals surface area contributed by atoms with E-state index < -0.39 is 58.0 Å². The molecule has 1 aliphatic rings. The Morgan fingerprint density at radius 1 is 1.03 bits per heavy atom. The molecule has 0 saturated heterocycles. The largest absolute Gasteiger partial charge is 0.573 e. The van der Waals surface area contributed by atoms with E-state index in [1.165, 1.54) is 12.1 Å². The van der Waals surface area contributed by atoms with Gasteiger partial charge in [-0.05, 0) is 41.8 Å². The van der Waals surface area contributed by atoms with Crippen LogP contribution in [0.5, 0.6) is 5.75 Å². The molecule has 33 heavy (non-hydrogen) atoms. The quantitative estimate of drug-likeness (QED) is 0.453. The maximum atomic E-state index is 15.0. The number of carboxylic acid groups (broad SMARTS) is 1. The summed E-state index contributed by atoms with van der Waals surface area (Å²) >= 11 is 0. The highest BCUT2D eigenvalue weighted by molar-refractivity contribution is 6.07. The summed E-state index contributed by atoms with van der Waals surface area (Å²) in [5.41, 5.74) is -3.38. The Labute approximate surface area is 180 Å². The zero-order valence-corrected chi connectivity index (χ0v) is 16.3. The Morgan fingerprint density at radius 3 is 2.30 bits per heavy atom. The van der Waals surface area contributed by atoms with Crippen molar-refractivity contribution in [2.24, 2.45) is 0 Å². The zero-order valence-electron chi connectivity index (χ0n) is 16.3. The number of benzene rings is 2. The highest BCUT2D eigenvalue weighted by Gasteiger charge is 2.40. The molecule has 4 rings (SSSR count). The molecular formula is C21H12F5N2O5+. The second-order valence-corrected chi connectivity index (χ2v) is 7.07. The van der Waals surface area contributed by atoms with Crippen molar-refractivity contribution in [1.82, 2.24) is 5.10 Å². The minimum Gasteiger partial charge on any atom is -0.473 e. The molecule has 2 N–H and O–H groups in total. The van der Waals surface area contributed by atoms with Crippen molar-refractivity contribution in [2.75, 3.05) is 0 Å². The number of carbonyl (C=O) groups is 2. The Balaban J connectivity index is 1.87. The molecule has 0 fully saturated rings. The van der Waals surface area contributed by atoms with Gasteiger partial charge in [-0.25, -0.2) is 4.79 Å². The Morgan fingerprint density at radius 2 is 1.70 bits per heavy atom. The first-order valence-corrected chi connectivity index (χ1v) is 9.29. The fourth-order valence-corrected chi connectivity index (χ4v) is 3.68. The number of nitrogens with zero attached hydrogens (tertiary/aromatic N) is 1. The molecule has 0 bridgehead atoms. The van der Waals surface area contributed by atoms with Crippen molar-refractivity contribution in [1.29, 1.82) is 0 Å². The minimum atomic E-state index is -4.97. The van der Waals surface area contributed by atoms with Gasteiger partial charge in [0, 0.05) is 12.0 Å². The van der Waals surface area contributed by atoms with Crippen LogP contribution in [0.2, 0.25) is 0 Å². The van der Waals surface area contributed by atoms with Gasteiger partial charge in [0.2, 0.25) is 11.6 Å². The first-order valence-electron chi connectivity index (χ1n) is 9.29. The van der Waals surface area contributed by atoms with Gasteiger partial charge in [-0.3, -0.25) is 9.59 Å². The Bertz CT molecular complexity index is 1360. The number of hydrogen-bond donors (Lipinski definition) is 2. The molecule has 0 atom stereocenters. The van der Waals surface area contributed by atoms with Gasteiger partial charge in [0.25, 0.3) is 0 Å². The van der Waals surface area contributed by atoms with Gasteiger partial charge >= 0.3 is 29.3 Å². The van der Waals surface area contributed by atoms with E-state index in [0.29, 0.717) is 4.68 Å². The second-order valence-electron chi connectivity index (χ2n) is 7.07. The van der Waals surface area contributed by atoms with E-state index in [-0.39, 0.29) is 29.5 Å². The number of carboxylic acids is 1. The van der Waals surface area contributed by atoms with E-state index in [1.54, 1.807) is 0 Å². The normalized spacial score (nSPS) is 13.2. The highest BCUT2D eigenvalue weighted by atomic mass is 19.4. The standard InChI is InChI=1S/C21H11F5N2O5/c22-13-7-10(9-2-1-3-11(6-9)33-21(24,25)26)8-14(23)17(13)28-18(20(31)32)16-12(19(30)27-28)4-5-15(16)29/h1-3,6-8H,4-5H2,(H-,27,30,31,32)/p+1. The summed E-state index contributed by atoms with van der Waals surface area (Å²) in [7, 11) is 0. The lowest BCUT2D eigenvalue weighted by Gasteiger charge is -2.11. The molecule has 170 valence electrons. The summed E-state index contributed by atoms with van der Waals surface area (Å²) in [6.45, 7) is 0. The number of Topliss-reactive ketones (excluding diaryl/α,β-unsaturated/α-hetero) is 1. The highest BCUT2D eigenvalue weighted by Crippen LogP contribution is 2.30. The third-order valence-corrected chi connectivity index (χ3v) is 4.97. The lowest BCUT2D eigenvalue weighted by atomic mass is 10.0. The molecule has 0 radical (unpaired) electrons. The van der Waals surface area contributed by atoms with Crippen molar-refractivity contribution in [3.63, 3.8) is 0 Å². The number of fused-ring (bicyclic) bond motifs is 1. The number of rotatable bonds is 4. The number of aromatic nitrogens is 2. The van der Waals surface area contributed by atoms with Crippen LogP contribution in [0, 0.1) is 11.6 Å². The molecule has 0 amide bonds. The lowest BCUT2D eigenvalue weighted by Crippen LogP contribution is -2.49. The summed E-state index contributed by atoms with van der Waals surface area (Å²) in [5, 5.41) is 11.7. The van der Waals surface area contributed by atoms with Crippen molar-refractivity contribution in [3.8, 4) is 22.6 Å². The van der Waals surface area contributed by atoms with Gasteiger partial charge in [0.1, 0.15) is 11.3 Å². The first kappa shape index (κ1) is 22.1. The monoisotopic (exact) mass is 467 g/mol. The summed E-state index contributed by atoms with van der Waals surface area (Å²) < 4.78 is 71.5. The van der Waals surface area contributed by atoms with Crippen molar-refractivity contribution >= 4 is 11.8 Å². The number of ketones is 1. The summed E-state index contributed by atoms with van der Waals surface area (Å²) in [6, 6.07) is 5.87. The predicted octanol–water partition coefficient (Wildman–Crippen LogP) is 3.32. The van der Waals surface area contributed by atoms with Gasteiger partial charge in [-0.15, -0.1) is 18.3 Å². The number of hydrogen-bond acceptors (Lipinski definition) is 4. The maximum absolute atomic E-state index is 15.0. The van der Waals surface area contributed by atoms with Crippen LogP contribution in [0.1, 0.15) is 32.8 Å². The van der Waals surface area contributed by atoms with Crippen molar-refractivity contribution < 1.29 is 46.1 Å². The molecule has 12 heteroatoms. The van der Waals surface area contributed by atoms with E-state index in [1.807, 2.05) is 0 Å². The van der Waals surface area contributed by atoms with E-state index in [0.717, 1.165) is 24.3 Å². The fraction of sp³-hybridized carbons (Fsp3) is 0.143. The van der Waals surface area contributed by atoms with Crippen LogP contribution in [-0.4, -0.2) is 28.3 Å². The van der Waals surface area contributed by atoms with Gasteiger partial charge in [0.05, 0.1) is 0 Å². The SMILES string of the molecule is O=C1CCc2c1c(C(=O)O)[n+](-c1c(F)cc(-c3cccc(OC(F)(F)F)c3)cc1F)[nH]c2=O. The number of alkyl halides is 3. The fourth-order valence-electron chi connectivity index (χ4n) is 3.68. The summed E-state index contributed by atoms with van der Waals surface area (Å²) in [4.78, 5) is 36.3. The third-order valence-electron chi connectivity index (χ3n) is 4.97. The van der Waals surface area contributed by atoms with Gasteiger partial charge in [0.15, 0.2) is 5.78 Å². The van der Waals surface area contributed by atoms with Crippen LogP contribution in [-0.2, 0) is 6.42 Å². The number of ether oxygens (including phenoxy) is 1. The molecule has 1 aromatic heterocycles. The first-order chi connectivity index (χ1) is 15.5. The lowest BCUT2D eigenvalue weighted by molar-refractivity contribution is -0.667. The maximum Gasteiger partial charge on any atom is 0.573 e. The smallest absolute Gasteiger partial charge is 0.473 e. The summed E-state index contributed by atoms with van der Waals surface area (Å²) in [6.07, 6.45) is -5.10. The third kappa shape index (κ3) is 4.06. The summed E-state index contributed by atoms with van der Waals surface area (Å²) in [5.74, 6) is -5.63. The molecule has 0 spiro atoms. The van der Waals surface area contributed by atoms with E-state index in [9.17, 15) is 32.7 Å². The van der Waals surface area contributed by atoms with Crippen LogP contribution in [0.15, 0.2) is 41.2 Å². The minimum absolute atomic E-state index is 0.00907. The molecule has 2 aromatic carbocycles. The number of aromatic amines is 1. The molecule has 1 aliphatic carbocycles. The average Bonchev–Trinajstić information content (AvgIpc) is 3.08. The average molecular weight is 467 g/mol. The topological polar surface area (TPSA) is 100 Å². The molecular weight excluding hydrogens is 455 g/mol. The Kier molecular flexibility index (Phi) is 5.23. The van der Waals surface area contributed by atoms with Crippen LogP contribution >= 0.6 is 0 Å². The van der Waals surface area contributed by atoms with Crippen molar-refractivity contribution in [3.05, 3.63) is 75.2 Å². The van der Waals surface area contributed by atoms with Crippen LogP contribution in [0.3, 0.4) is 0 Å². The zero-order chi connectivity index (χ0) is 24.1. The van der Waals surface area contributed by atoms with Gasteiger partial charge in [-0.1, -0.05) is 16.8 Å². The number of halogens is 5. The van der Waals surface area contributed by atoms with Crippen LogP contribution in [0.25, 0.3) is 16.8 Å². The van der Waals surface area contributed by atoms with E-state index in [4.69, 9.17) is 0 Å². The molecule has 3 aromatic rings. The predicted molar refractivity (Wildman–Crippen MR) is 100 cm³/mol. The number of carbonyl (C=O) groups excluding carboxylic acids is 1. The molecule has 7 nitrogen and oxygen atoms in total. The van der Waals surface area contributed by atoms with Crippen LogP contribution in [0.4, 0.5) is 22.0 Å². The van der Waals surface area contributed by atoms with Crippen molar-refractivity contribution in [2.45, 2.75) is 19.2 Å². The molecule has 0 saturated carbocycles. The molecule has 0 unspecified atom stereocenters.